The topological polar surface area (TPSA) is 88.1 Å². The van der Waals surface area contributed by atoms with Crippen LogP contribution in [0, 0.1) is 13.8 Å². The second kappa shape index (κ2) is 11.0. The number of nitrogens with one attached hydrogen (secondary N) is 1. The Kier molecular flexibility index (Phi) is 8.11. The Labute approximate surface area is 189 Å². The Hall–Kier alpha value is -3.06. The summed E-state index contributed by atoms with van der Waals surface area (Å²) in [4.78, 5) is 27.5. The zero-order chi connectivity index (χ0) is 23.1. The molecule has 2 N–H and O–H groups in total. The minimum absolute atomic E-state index is 0.0534. The highest BCUT2D eigenvalue weighted by Gasteiger charge is 2.35. The molecule has 2 atom stereocenters. The van der Waals surface area contributed by atoms with E-state index in [1.165, 1.54) is 0 Å². The highest BCUT2D eigenvalue weighted by Crippen LogP contribution is 2.26. The third kappa shape index (κ3) is 5.59. The van der Waals surface area contributed by atoms with Crippen LogP contribution >= 0.6 is 0 Å². The third-order valence-electron chi connectivity index (χ3n) is 5.57. The number of amides is 2. The van der Waals surface area contributed by atoms with Gasteiger partial charge in [0.05, 0.1) is 12.2 Å². The maximum absolute atomic E-state index is 13.1. The number of ether oxygens (including phenoxy) is 2. The van der Waals surface area contributed by atoms with Gasteiger partial charge in [0, 0.05) is 13.1 Å². The fourth-order valence-electron chi connectivity index (χ4n) is 3.96. The van der Waals surface area contributed by atoms with Crippen LogP contribution in [0.3, 0.4) is 0 Å². The Bertz CT molecular complexity index is 925. The average molecular weight is 441 g/mol. The molecule has 0 radical (unpaired) electrons. The minimum Gasteiger partial charge on any atom is -0.493 e. The number of carbonyl (C=O) groups is 2. The number of aryl methyl sites for hydroxylation is 2. The number of para-hydroxylation sites is 2. The average Bonchev–Trinajstić information content (AvgIpc) is 3.27. The molecule has 7 nitrogen and oxygen atoms in total. The van der Waals surface area contributed by atoms with Crippen molar-refractivity contribution in [2.24, 2.45) is 0 Å². The lowest BCUT2D eigenvalue weighted by atomic mass is 10.1. The Morgan fingerprint density at radius 1 is 1.12 bits per heavy atom. The summed E-state index contributed by atoms with van der Waals surface area (Å²) in [6, 6.07) is 12.4. The fourth-order valence-corrected chi connectivity index (χ4v) is 3.96. The lowest BCUT2D eigenvalue weighted by Gasteiger charge is -2.25. The van der Waals surface area contributed by atoms with Gasteiger partial charge in [-0.15, -0.1) is 0 Å². The SMILES string of the molecule is CCOc1ccccc1C(=O)N1CCCC1C(=O)NCC(O)COc1c(C)cccc1C. The van der Waals surface area contributed by atoms with Crippen molar-refractivity contribution in [1.29, 1.82) is 0 Å². The van der Waals surface area contributed by atoms with Crippen LogP contribution in [0.15, 0.2) is 42.5 Å². The van der Waals surface area contributed by atoms with Gasteiger partial charge in [0.15, 0.2) is 0 Å². The summed E-state index contributed by atoms with van der Waals surface area (Å²) in [6.07, 6.45) is 0.476. The number of hydrogen-bond acceptors (Lipinski definition) is 5. The molecule has 172 valence electrons. The first kappa shape index (κ1) is 23.6. The predicted molar refractivity (Wildman–Crippen MR) is 122 cm³/mol. The molecule has 2 unspecified atom stereocenters. The summed E-state index contributed by atoms with van der Waals surface area (Å²) >= 11 is 0. The Morgan fingerprint density at radius 3 is 2.56 bits per heavy atom. The summed E-state index contributed by atoms with van der Waals surface area (Å²) in [5.74, 6) is 0.782. The molecule has 2 aromatic carbocycles. The van der Waals surface area contributed by atoms with E-state index in [0.29, 0.717) is 30.9 Å². The van der Waals surface area contributed by atoms with Crippen molar-refractivity contribution < 1.29 is 24.2 Å². The molecule has 2 amide bonds. The number of hydrogen-bond donors (Lipinski definition) is 2. The first-order valence-electron chi connectivity index (χ1n) is 11.1. The molecule has 2 aromatic rings. The van der Waals surface area contributed by atoms with Crippen LogP contribution in [0.4, 0.5) is 0 Å². The van der Waals surface area contributed by atoms with Gasteiger partial charge >= 0.3 is 0 Å². The largest absolute Gasteiger partial charge is 0.493 e. The monoisotopic (exact) mass is 440 g/mol. The number of rotatable bonds is 9. The molecule has 1 saturated heterocycles. The van der Waals surface area contributed by atoms with Gasteiger partial charge in [0.1, 0.15) is 30.3 Å². The van der Waals surface area contributed by atoms with Gasteiger partial charge in [0.2, 0.25) is 5.91 Å². The maximum Gasteiger partial charge on any atom is 0.258 e. The van der Waals surface area contributed by atoms with Gasteiger partial charge in [-0.1, -0.05) is 30.3 Å². The standard InChI is InChI=1S/C25H32N2O5/c1-4-31-22-13-6-5-11-20(22)25(30)27-14-8-12-21(27)24(29)26-15-19(28)16-32-23-17(2)9-7-10-18(23)3/h5-7,9-11,13,19,21,28H,4,8,12,14-16H2,1-3H3,(H,26,29). The second-order valence-corrected chi connectivity index (χ2v) is 8.02. The highest BCUT2D eigenvalue weighted by molar-refractivity contribution is 6.00. The number of aliphatic hydroxyl groups excluding tert-OH is 1. The third-order valence-corrected chi connectivity index (χ3v) is 5.57. The second-order valence-electron chi connectivity index (χ2n) is 8.02. The summed E-state index contributed by atoms with van der Waals surface area (Å²) in [5.41, 5.74) is 2.44. The van der Waals surface area contributed by atoms with Crippen LogP contribution in [0.5, 0.6) is 11.5 Å². The Morgan fingerprint density at radius 2 is 1.84 bits per heavy atom. The first-order chi connectivity index (χ1) is 15.4. The summed E-state index contributed by atoms with van der Waals surface area (Å²) in [5, 5.41) is 13.1. The van der Waals surface area contributed by atoms with E-state index in [2.05, 4.69) is 5.32 Å². The molecular formula is C25H32N2O5. The van der Waals surface area contributed by atoms with Gasteiger partial charge in [-0.3, -0.25) is 9.59 Å². The van der Waals surface area contributed by atoms with E-state index in [1.54, 1.807) is 23.1 Å². The van der Waals surface area contributed by atoms with Gasteiger partial charge < -0.3 is 24.8 Å². The minimum atomic E-state index is -0.859. The molecule has 1 aliphatic rings. The summed E-state index contributed by atoms with van der Waals surface area (Å²) < 4.78 is 11.3. The van der Waals surface area contributed by atoms with Crippen LogP contribution in [-0.2, 0) is 4.79 Å². The van der Waals surface area contributed by atoms with Gasteiger partial charge in [-0.05, 0) is 56.9 Å². The van der Waals surface area contributed by atoms with E-state index in [9.17, 15) is 14.7 Å². The van der Waals surface area contributed by atoms with Crippen molar-refractivity contribution in [2.75, 3.05) is 26.3 Å². The zero-order valence-electron chi connectivity index (χ0n) is 19.0. The van der Waals surface area contributed by atoms with E-state index >= 15 is 0 Å². The van der Waals surface area contributed by atoms with Crippen molar-refractivity contribution >= 4 is 11.8 Å². The summed E-state index contributed by atoms with van der Waals surface area (Å²) in [7, 11) is 0. The molecule has 3 rings (SSSR count). The van der Waals surface area contributed by atoms with E-state index in [1.807, 2.05) is 45.0 Å². The van der Waals surface area contributed by atoms with Crippen LogP contribution in [0.25, 0.3) is 0 Å². The van der Waals surface area contributed by atoms with Crippen molar-refractivity contribution in [2.45, 2.75) is 45.8 Å². The van der Waals surface area contributed by atoms with Gasteiger partial charge in [-0.2, -0.15) is 0 Å². The lowest BCUT2D eigenvalue weighted by molar-refractivity contribution is -0.125. The molecule has 0 saturated carbocycles. The number of nitrogens with zero attached hydrogens (tertiary/aromatic N) is 1. The van der Waals surface area contributed by atoms with Crippen LogP contribution in [-0.4, -0.2) is 60.3 Å². The van der Waals surface area contributed by atoms with Crippen molar-refractivity contribution in [1.82, 2.24) is 10.2 Å². The molecule has 0 spiro atoms. The quantitative estimate of drug-likeness (QED) is 0.626. The number of benzene rings is 2. The fraction of sp³-hybridized carbons (Fsp3) is 0.440. The van der Waals surface area contributed by atoms with Crippen molar-refractivity contribution in [3.63, 3.8) is 0 Å². The van der Waals surface area contributed by atoms with Crippen molar-refractivity contribution in [3.8, 4) is 11.5 Å². The molecule has 7 heteroatoms. The number of aliphatic hydroxyl groups is 1. The molecule has 0 bridgehead atoms. The lowest BCUT2D eigenvalue weighted by Crippen LogP contribution is -2.48. The van der Waals surface area contributed by atoms with E-state index in [-0.39, 0.29) is 25.0 Å². The van der Waals surface area contributed by atoms with Crippen LogP contribution < -0.4 is 14.8 Å². The zero-order valence-corrected chi connectivity index (χ0v) is 19.0. The molecule has 0 aromatic heterocycles. The number of carbonyl (C=O) groups excluding carboxylic acids is 2. The number of likely N-dealkylation sites (tertiary alicyclic amines) is 1. The van der Waals surface area contributed by atoms with Crippen molar-refractivity contribution in [3.05, 3.63) is 59.2 Å². The normalized spacial score (nSPS) is 16.5. The molecule has 1 heterocycles. The van der Waals surface area contributed by atoms with Gasteiger partial charge in [0.25, 0.3) is 5.91 Å². The van der Waals surface area contributed by atoms with Crippen LogP contribution in [0.2, 0.25) is 0 Å². The maximum atomic E-state index is 13.1. The summed E-state index contributed by atoms with van der Waals surface area (Å²) in [6.45, 7) is 6.85. The van der Waals surface area contributed by atoms with E-state index in [4.69, 9.17) is 9.47 Å². The van der Waals surface area contributed by atoms with Gasteiger partial charge in [-0.25, -0.2) is 0 Å². The van der Waals surface area contributed by atoms with E-state index < -0.39 is 12.1 Å². The van der Waals surface area contributed by atoms with E-state index in [0.717, 1.165) is 23.3 Å². The molecular weight excluding hydrogens is 408 g/mol. The molecule has 0 aliphatic carbocycles. The Balaban J connectivity index is 1.56. The predicted octanol–water partition coefficient (Wildman–Crippen LogP) is 2.86. The molecule has 1 aliphatic heterocycles. The molecule has 32 heavy (non-hydrogen) atoms. The smallest absolute Gasteiger partial charge is 0.258 e. The highest BCUT2D eigenvalue weighted by atomic mass is 16.5. The first-order valence-corrected chi connectivity index (χ1v) is 11.1. The molecule has 1 fully saturated rings. The van der Waals surface area contributed by atoms with Crippen LogP contribution in [0.1, 0.15) is 41.3 Å².